The topological polar surface area (TPSA) is 81.2 Å². The SMILES string of the molecule is CN(C)C(=O)c1ccc(N(CC(=O)N2CCN(Cc3ccccc3)CC2)S(C)(=O)=O)cc1. The number of piperazine rings is 1. The third-order valence-corrected chi connectivity index (χ3v) is 6.60. The highest BCUT2D eigenvalue weighted by Crippen LogP contribution is 2.19. The van der Waals surface area contributed by atoms with E-state index < -0.39 is 10.0 Å². The average molecular weight is 459 g/mol. The van der Waals surface area contributed by atoms with Gasteiger partial charge in [0.05, 0.1) is 11.9 Å². The zero-order valence-electron chi connectivity index (χ0n) is 18.8. The fraction of sp³-hybridized carbons (Fsp3) is 0.391. The fourth-order valence-electron chi connectivity index (χ4n) is 3.65. The molecular weight excluding hydrogens is 428 g/mol. The summed E-state index contributed by atoms with van der Waals surface area (Å²) >= 11 is 0. The Hall–Kier alpha value is -2.91. The molecule has 0 saturated carbocycles. The summed E-state index contributed by atoms with van der Waals surface area (Å²) in [7, 11) is -0.372. The van der Waals surface area contributed by atoms with Gasteiger partial charge in [-0.15, -0.1) is 0 Å². The van der Waals surface area contributed by atoms with Crippen molar-refractivity contribution in [3.63, 3.8) is 0 Å². The minimum absolute atomic E-state index is 0.174. The smallest absolute Gasteiger partial charge is 0.253 e. The van der Waals surface area contributed by atoms with Gasteiger partial charge in [0.25, 0.3) is 5.91 Å². The maximum absolute atomic E-state index is 12.9. The van der Waals surface area contributed by atoms with Crippen LogP contribution in [0.15, 0.2) is 54.6 Å². The Bertz CT molecular complexity index is 1030. The summed E-state index contributed by atoms with van der Waals surface area (Å²) in [6.07, 6.45) is 1.08. The van der Waals surface area contributed by atoms with Crippen molar-refractivity contribution in [3.05, 3.63) is 65.7 Å². The molecule has 3 rings (SSSR count). The Labute approximate surface area is 190 Å². The third kappa shape index (κ3) is 6.08. The molecule has 1 aliphatic rings. The number of anilines is 1. The van der Waals surface area contributed by atoms with Crippen LogP contribution in [-0.2, 0) is 21.4 Å². The van der Waals surface area contributed by atoms with Crippen molar-refractivity contribution in [3.8, 4) is 0 Å². The number of amides is 2. The van der Waals surface area contributed by atoms with Crippen LogP contribution in [0, 0.1) is 0 Å². The van der Waals surface area contributed by atoms with Crippen LogP contribution in [-0.4, -0.2) is 88.0 Å². The summed E-state index contributed by atoms with van der Waals surface area (Å²) in [5, 5.41) is 0. The van der Waals surface area contributed by atoms with Gasteiger partial charge in [0.15, 0.2) is 0 Å². The van der Waals surface area contributed by atoms with Gasteiger partial charge >= 0.3 is 0 Å². The van der Waals surface area contributed by atoms with Crippen molar-refractivity contribution in [2.75, 3.05) is 57.4 Å². The van der Waals surface area contributed by atoms with Crippen LogP contribution >= 0.6 is 0 Å². The van der Waals surface area contributed by atoms with Crippen molar-refractivity contribution in [2.45, 2.75) is 6.54 Å². The molecule has 0 unspecified atom stereocenters. The van der Waals surface area contributed by atoms with E-state index in [0.717, 1.165) is 30.2 Å². The second-order valence-electron chi connectivity index (χ2n) is 8.16. The Balaban J connectivity index is 1.63. The highest BCUT2D eigenvalue weighted by molar-refractivity contribution is 7.92. The molecule has 0 spiro atoms. The molecule has 0 aliphatic carbocycles. The van der Waals surface area contributed by atoms with Gasteiger partial charge in [-0.1, -0.05) is 30.3 Å². The van der Waals surface area contributed by atoms with Crippen LogP contribution in [0.3, 0.4) is 0 Å². The van der Waals surface area contributed by atoms with Gasteiger partial charge in [0.1, 0.15) is 6.54 Å². The molecule has 0 aromatic heterocycles. The van der Waals surface area contributed by atoms with E-state index in [9.17, 15) is 18.0 Å². The zero-order chi connectivity index (χ0) is 23.3. The lowest BCUT2D eigenvalue weighted by Gasteiger charge is -2.35. The Morgan fingerprint density at radius 3 is 2.03 bits per heavy atom. The molecule has 2 amide bonds. The zero-order valence-corrected chi connectivity index (χ0v) is 19.6. The molecule has 9 heteroatoms. The summed E-state index contributed by atoms with van der Waals surface area (Å²) in [5.74, 6) is -0.407. The van der Waals surface area contributed by atoms with Crippen LogP contribution in [0.4, 0.5) is 5.69 Å². The molecule has 172 valence electrons. The predicted octanol–water partition coefficient (Wildman–Crippen LogP) is 1.50. The molecule has 0 radical (unpaired) electrons. The molecule has 8 nitrogen and oxygen atoms in total. The molecule has 0 atom stereocenters. The number of hydrogen-bond donors (Lipinski definition) is 0. The second kappa shape index (κ2) is 10.1. The van der Waals surface area contributed by atoms with Gasteiger partial charge in [-0.2, -0.15) is 0 Å². The van der Waals surface area contributed by atoms with Crippen molar-refractivity contribution in [2.24, 2.45) is 0 Å². The predicted molar refractivity (Wildman–Crippen MR) is 125 cm³/mol. The standard InChI is InChI=1S/C23H30N4O4S/c1-24(2)23(29)20-9-11-21(12-10-20)27(32(3,30)31)18-22(28)26-15-13-25(14-16-26)17-19-7-5-4-6-8-19/h4-12H,13-18H2,1-3H3. The first-order valence-corrected chi connectivity index (χ1v) is 12.3. The number of nitrogens with zero attached hydrogens (tertiary/aromatic N) is 4. The summed E-state index contributed by atoms with van der Waals surface area (Å²) in [6, 6.07) is 16.4. The van der Waals surface area contributed by atoms with E-state index in [-0.39, 0.29) is 18.4 Å². The maximum atomic E-state index is 12.9. The summed E-state index contributed by atoms with van der Waals surface area (Å²) < 4.78 is 25.9. The first kappa shape index (κ1) is 23.7. The molecule has 0 N–H and O–H groups in total. The number of carbonyl (C=O) groups is 2. The Morgan fingerprint density at radius 1 is 0.906 bits per heavy atom. The van der Waals surface area contributed by atoms with E-state index in [0.29, 0.717) is 24.3 Å². The Morgan fingerprint density at radius 2 is 1.50 bits per heavy atom. The number of benzene rings is 2. The quantitative estimate of drug-likeness (QED) is 0.628. The number of rotatable bonds is 7. The molecule has 1 saturated heterocycles. The van der Waals surface area contributed by atoms with Crippen molar-refractivity contribution >= 4 is 27.5 Å². The summed E-state index contributed by atoms with van der Waals surface area (Å²) in [4.78, 5) is 30.4. The summed E-state index contributed by atoms with van der Waals surface area (Å²) in [5.41, 5.74) is 2.04. The van der Waals surface area contributed by atoms with Crippen LogP contribution < -0.4 is 4.31 Å². The van der Waals surface area contributed by atoms with Gasteiger partial charge in [0, 0.05) is 52.4 Å². The normalized spacial score (nSPS) is 14.8. The molecule has 1 aliphatic heterocycles. The lowest BCUT2D eigenvalue weighted by atomic mass is 10.2. The number of carbonyl (C=O) groups excluding carboxylic acids is 2. The second-order valence-corrected chi connectivity index (χ2v) is 10.1. The van der Waals surface area contributed by atoms with E-state index in [2.05, 4.69) is 17.0 Å². The molecular formula is C23H30N4O4S. The van der Waals surface area contributed by atoms with E-state index in [1.165, 1.54) is 10.5 Å². The van der Waals surface area contributed by atoms with Gasteiger partial charge in [-0.05, 0) is 29.8 Å². The van der Waals surface area contributed by atoms with Gasteiger partial charge in [-0.3, -0.25) is 18.8 Å². The average Bonchev–Trinajstić information content (AvgIpc) is 2.77. The van der Waals surface area contributed by atoms with Gasteiger partial charge in [-0.25, -0.2) is 8.42 Å². The third-order valence-electron chi connectivity index (χ3n) is 5.46. The number of sulfonamides is 1. The maximum Gasteiger partial charge on any atom is 0.253 e. The summed E-state index contributed by atoms with van der Waals surface area (Å²) in [6.45, 7) is 3.15. The number of hydrogen-bond acceptors (Lipinski definition) is 5. The molecule has 0 bridgehead atoms. The molecule has 1 heterocycles. The van der Waals surface area contributed by atoms with Crippen molar-refractivity contribution in [1.82, 2.24) is 14.7 Å². The van der Waals surface area contributed by atoms with E-state index in [1.54, 1.807) is 43.3 Å². The van der Waals surface area contributed by atoms with Crippen LogP contribution in [0.25, 0.3) is 0 Å². The highest BCUT2D eigenvalue weighted by atomic mass is 32.2. The molecule has 32 heavy (non-hydrogen) atoms. The van der Waals surface area contributed by atoms with E-state index >= 15 is 0 Å². The van der Waals surface area contributed by atoms with Gasteiger partial charge in [0.2, 0.25) is 15.9 Å². The molecule has 1 fully saturated rings. The highest BCUT2D eigenvalue weighted by Gasteiger charge is 2.26. The lowest BCUT2D eigenvalue weighted by Crippen LogP contribution is -2.51. The van der Waals surface area contributed by atoms with E-state index in [1.807, 2.05) is 18.2 Å². The first-order valence-electron chi connectivity index (χ1n) is 10.5. The Kier molecular flexibility index (Phi) is 7.52. The minimum atomic E-state index is -3.67. The van der Waals surface area contributed by atoms with Crippen LogP contribution in [0.5, 0.6) is 0 Å². The molecule has 2 aromatic rings. The van der Waals surface area contributed by atoms with E-state index in [4.69, 9.17) is 0 Å². The van der Waals surface area contributed by atoms with Crippen LogP contribution in [0.1, 0.15) is 15.9 Å². The largest absolute Gasteiger partial charge is 0.345 e. The first-order chi connectivity index (χ1) is 15.1. The molecule has 2 aromatic carbocycles. The monoisotopic (exact) mass is 458 g/mol. The van der Waals surface area contributed by atoms with Gasteiger partial charge < -0.3 is 9.80 Å². The fourth-order valence-corrected chi connectivity index (χ4v) is 4.50. The minimum Gasteiger partial charge on any atom is -0.345 e. The lowest BCUT2D eigenvalue weighted by molar-refractivity contribution is -0.131. The van der Waals surface area contributed by atoms with Crippen molar-refractivity contribution < 1.29 is 18.0 Å². The van der Waals surface area contributed by atoms with Crippen molar-refractivity contribution in [1.29, 1.82) is 0 Å². The van der Waals surface area contributed by atoms with Crippen LogP contribution in [0.2, 0.25) is 0 Å².